The maximum absolute atomic E-state index is 5.53. The average molecular weight is 198 g/mol. The monoisotopic (exact) mass is 197 g/mol. The predicted molar refractivity (Wildman–Crippen MR) is 54.8 cm³/mol. The van der Waals surface area contributed by atoms with Crippen molar-refractivity contribution in [2.75, 3.05) is 6.61 Å². The fraction of sp³-hybridized carbons (Fsp3) is 0.200. The number of benzene rings is 1. The first-order chi connectivity index (χ1) is 6.38. The summed E-state index contributed by atoms with van der Waals surface area (Å²) < 4.78 is 5.42. The largest absolute Gasteiger partial charge is 0.489 e. The highest BCUT2D eigenvalue weighted by Gasteiger charge is 1.98. The lowest BCUT2D eigenvalue weighted by molar-refractivity contribution is 0.359. The van der Waals surface area contributed by atoms with E-state index < -0.39 is 0 Å². The summed E-state index contributed by atoms with van der Waals surface area (Å²) in [5.41, 5.74) is 7.97. The van der Waals surface area contributed by atoms with Gasteiger partial charge in [0.25, 0.3) is 0 Å². The van der Waals surface area contributed by atoms with E-state index in [0.717, 1.165) is 11.3 Å². The molecule has 0 amide bonds. The molecule has 1 rings (SSSR count). The van der Waals surface area contributed by atoms with Crippen molar-refractivity contribution in [2.45, 2.75) is 6.54 Å². The van der Waals surface area contributed by atoms with Crippen molar-refractivity contribution in [3.8, 4) is 5.75 Å². The second kappa shape index (κ2) is 5.62. The number of halogens is 1. The third-order valence-corrected chi connectivity index (χ3v) is 1.79. The minimum atomic E-state index is 0.473. The summed E-state index contributed by atoms with van der Waals surface area (Å²) in [5, 5.41) is 0. The first-order valence-corrected chi connectivity index (χ1v) is 4.48. The second-order valence-corrected chi connectivity index (χ2v) is 2.74. The third kappa shape index (κ3) is 3.09. The minimum absolute atomic E-state index is 0.473. The second-order valence-electron chi connectivity index (χ2n) is 2.48. The molecule has 0 spiro atoms. The Bertz CT molecular complexity index is 286. The molecule has 1 aromatic carbocycles. The van der Waals surface area contributed by atoms with Gasteiger partial charge in [0, 0.05) is 17.6 Å². The van der Waals surface area contributed by atoms with Gasteiger partial charge in [0.05, 0.1) is 0 Å². The molecule has 0 aliphatic heterocycles. The highest BCUT2D eigenvalue weighted by atomic mass is 35.5. The fourth-order valence-electron chi connectivity index (χ4n) is 0.988. The van der Waals surface area contributed by atoms with Gasteiger partial charge in [-0.2, -0.15) is 0 Å². The molecule has 2 N–H and O–H groups in total. The molecule has 0 saturated heterocycles. The van der Waals surface area contributed by atoms with Crippen LogP contribution in [-0.2, 0) is 6.54 Å². The molecule has 70 valence electrons. The summed E-state index contributed by atoms with van der Waals surface area (Å²) in [5.74, 6) is 0.819. The Balaban J connectivity index is 2.64. The Morgan fingerprint density at radius 3 is 2.85 bits per heavy atom. The number of hydrogen-bond acceptors (Lipinski definition) is 2. The van der Waals surface area contributed by atoms with E-state index in [9.17, 15) is 0 Å². The van der Waals surface area contributed by atoms with Gasteiger partial charge >= 0.3 is 0 Å². The van der Waals surface area contributed by atoms with E-state index >= 15 is 0 Å². The van der Waals surface area contributed by atoms with Gasteiger partial charge in [0.2, 0.25) is 0 Å². The van der Waals surface area contributed by atoms with Crippen LogP contribution in [0, 0.1) is 0 Å². The number of para-hydroxylation sites is 1. The van der Waals surface area contributed by atoms with Crippen LogP contribution in [0.4, 0.5) is 0 Å². The lowest BCUT2D eigenvalue weighted by Gasteiger charge is -2.07. The number of ether oxygens (including phenoxy) is 1. The van der Waals surface area contributed by atoms with Crippen LogP contribution >= 0.6 is 11.6 Å². The van der Waals surface area contributed by atoms with Crippen LogP contribution in [0.25, 0.3) is 0 Å². The number of rotatable bonds is 4. The molecule has 0 bridgehead atoms. The van der Waals surface area contributed by atoms with Crippen LogP contribution in [0.2, 0.25) is 0 Å². The van der Waals surface area contributed by atoms with Crippen molar-refractivity contribution >= 4 is 11.6 Å². The van der Waals surface area contributed by atoms with Gasteiger partial charge in [-0.1, -0.05) is 29.8 Å². The van der Waals surface area contributed by atoms with E-state index in [-0.39, 0.29) is 0 Å². The van der Waals surface area contributed by atoms with Gasteiger partial charge in [-0.3, -0.25) is 0 Å². The zero-order chi connectivity index (χ0) is 9.52. The van der Waals surface area contributed by atoms with Gasteiger partial charge in [0.15, 0.2) is 0 Å². The molecule has 0 fully saturated rings. The van der Waals surface area contributed by atoms with Crippen molar-refractivity contribution in [3.63, 3.8) is 0 Å². The van der Waals surface area contributed by atoms with Crippen molar-refractivity contribution < 1.29 is 4.74 Å². The van der Waals surface area contributed by atoms with Gasteiger partial charge in [-0.05, 0) is 12.1 Å². The normalized spacial score (nSPS) is 10.6. The van der Waals surface area contributed by atoms with Gasteiger partial charge < -0.3 is 10.5 Å². The van der Waals surface area contributed by atoms with Crippen LogP contribution in [0.15, 0.2) is 35.9 Å². The Morgan fingerprint density at radius 1 is 1.38 bits per heavy atom. The molecular weight excluding hydrogens is 186 g/mol. The summed E-state index contributed by atoms with van der Waals surface area (Å²) in [6.45, 7) is 0.960. The first-order valence-electron chi connectivity index (χ1n) is 4.04. The van der Waals surface area contributed by atoms with E-state index in [4.69, 9.17) is 22.1 Å². The molecule has 0 atom stereocenters. The smallest absolute Gasteiger partial charge is 0.124 e. The van der Waals surface area contributed by atoms with Crippen molar-refractivity contribution in [1.82, 2.24) is 0 Å². The predicted octanol–water partition coefficient (Wildman–Crippen LogP) is 2.28. The molecule has 1 aromatic rings. The zero-order valence-electron chi connectivity index (χ0n) is 7.24. The van der Waals surface area contributed by atoms with Crippen LogP contribution in [-0.4, -0.2) is 6.61 Å². The molecule has 0 aromatic heterocycles. The van der Waals surface area contributed by atoms with Crippen molar-refractivity contribution in [1.29, 1.82) is 0 Å². The lowest BCUT2D eigenvalue weighted by atomic mass is 10.2. The van der Waals surface area contributed by atoms with E-state index in [1.807, 2.05) is 24.3 Å². The van der Waals surface area contributed by atoms with E-state index in [1.54, 1.807) is 6.08 Å². The highest BCUT2D eigenvalue weighted by Crippen LogP contribution is 2.16. The van der Waals surface area contributed by atoms with Crippen LogP contribution in [0.1, 0.15) is 5.56 Å². The molecule has 0 aliphatic rings. The summed E-state index contributed by atoms with van der Waals surface area (Å²) in [6, 6.07) is 7.69. The molecular formula is C10H12ClNO. The van der Waals surface area contributed by atoms with Gasteiger partial charge in [0.1, 0.15) is 12.4 Å². The lowest BCUT2D eigenvalue weighted by Crippen LogP contribution is -2.01. The fourth-order valence-corrected chi connectivity index (χ4v) is 1.06. The van der Waals surface area contributed by atoms with Gasteiger partial charge in [-0.15, -0.1) is 0 Å². The molecule has 3 heteroatoms. The van der Waals surface area contributed by atoms with E-state index in [2.05, 4.69) is 0 Å². The van der Waals surface area contributed by atoms with E-state index in [0.29, 0.717) is 13.2 Å². The molecule has 13 heavy (non-hydrogen) atoms. The molecule has 0 unspecified atom stereocenters. The minimum Gasteiger partial charge on any atom is -0.489 e. The van der Waals surface area contributed by atoms with Crippen LogP contribution < -0.4 is 10.5 Å². The summed E-state index contributed by atoms with van der Waals surface area (Å²) in [4.78, 5) is 0. The highest BCUT2D eigenvalue weighted by molar-refractivity contribution is 6.25. The topological polar surface area (TPSA) is 35.2 Å². The van der Waals surface area contributed by atoms with Crippen molar-refractivity contribution in [2.24, 2.45) is 5.73 Å². The summed E-state index contributed by atoms with van der Waals surface area (Å²) >= 11 is 5.36. The number of nitrogens with two attached hydrogens (primary N) is 1. The Morgan fingerprint density at radius 2 is 2.15 bits per heavy atom. The van der Waals surface area contributed by atoms with Crippen LogP contribution in [0.3, 0.4) is 0 Å². The average Bonchev–Trinajstić information content (AvgIpc) is 2.19. The quantitative estimate of drug-likeness (QED) is 0.804. The van der Waals surface area contributed by atoms with E-state index in [1.165, 1.54) is 5.54 Å². The maximum Gasteiger partial charge on any atom is 0.124 e. The van der Waals surface area contributed by atoms with Crippen molar-refractivity contribution in [3.05, 3.63) is 41.4 Å². The zero-order valence-corrected chi connectivity index (χ0v) is 8.00. The van der Waals surface area contributed by atoms with Gasteiger partial charge in [-0.25, -0.2) is 0 Å². The number of hydrogen-bond donors (Lipinski definition) is 1. The maximum atomic E-state index is 5.53. The van der Waals surface area contributed by atoms with Crippen LogP contribution in [0.5, 0.6) is 5.75 Å². The Hall–Kier alpha value is -0.990. The Labute approximate surface area is 83.0 Å². The first kappa shape index (κ1) is 10.1. The summed E-state index contributed by atoms with van der Waals surface area (Å²) in [7, 11) is 0. The standard InChI is InChI=1S/C10H12ClNO/c11-6-3-7-13-10-5-2-1-4-9(10)8-12/h1-6H,7-8,12H2/b6-3+. The molecule has 0 heterocycles. The molecule has 0 radical (unpaired) electrons. The SMILES string of the molecule is NCc1ccccc1OC/C=C/Cl. The summed E-state index contributed by atoms with van der Waals surface area (Å²) in [6.07, 6.45) is 1.73. The Kier molecular flexibility index (Phi) is 4.36. The third-order valence-electron chi connectivity index (χ3n) is 1.62. The molecule has 0 saturated carbocycles. The molecule has 2 nitrogen and oxygen atoms in total. The molecule has 0 aliphatic carbocycles.